The minimum absolute atomic E-state index is 1.30. The summed E-state index contributed by atoms with van der Waals surface area (Å²) in [5, 5.41) is 0. The topological polar surface area (TPSA) is 0 Å². The fraction of sp³-hybridized carbons (Fsp3) is 0.538. The predicted molar refractivity (Wildman–Crippen MR) is 59.0 cm³/mol. The summed E-state index contributed by atoms with van der Waals surface area (Å²) in [6.07, 6.45) is 6.60. The van der Waals surface area contributed by atoms with Crippen molar-refractivity contribution in [2.45, 2.75) is 46.0 Å². The molecule has 0 saturated heterocycles. The van der Waals surface area contributed by atoms with Gasteiger partial charge in [0.15, 0.2) is 0 Å². The molecule has 0 saturated carbocycles. The maximum absolute atomic E-state index is 2.24. The average Bonchev–Trinajstić information content (AvgIpc) is 2.66. The Kier molecular flexibility index (Phi) is 4.59. The molecule has 0 aliphatic heterocycles. The van der Waals surface area contributed by atoms with Crippen molar-refractivity contribution in [3.63, 3.8) is 0 Å². The number of aryl methyl sites for hydroxylation is 2. The molecule has 13 heavy (non-hydrogen) atoms. The SMILES string of the molecule is CCCC.c1ccc2c(c1)CCC2. The van der Waals surface area contributed by atoms with Crippen molar-refractivity contribution in [3.05, 3.63) is 35.4 Å². The van der Waals surface area contributed by atoms with E-state index in [4.69, 9.17) is 0 Å². The van der Waals surface area contributed by atoms with Crippen molar-refractivity contribution >= 4 is 0 Å². The fourth-order valence-corrected chi connectivity index (χ4v) is 1.51. The second kappa shape index (κ2) is 5.80. The molecule has 0 nitrogen and oxygen atoms in total. The Hall–Kier alpha value is -0.780. The molecular formula is C13H20. The van der Waals surface area contributed by atoms with Gasteiger partial charge in [0.2, 0.25) is 0 Å². The third kappa shape index (κ3) is 3.22. The standard InChI is InChI=1S/C9H10.C4H10/c1-2-5-9-7-3-6-8(9)4-1;1-3-4-2/h1-2,4-5H,3,6-7H2;3-4H2,1-2H3. The van der Waals surface area contributed by atoms with Crippen LogP contribution in [0.3, 0.4) is 0 Å². The maximum atomic E-state index is 2.24. The van der Waals surface area contributed by atoms with Gasteiger partial charge in [-0.25, -0.2) is 0 Å². The van der Waals surface area contributed by atoms with Gasteiger partial charge in [-0.05, 0) is 30.4 Å². The minimum Gasteiger partial charge on any atom is -0.0654 e. The van der Waals surface area contributed by atoms with Crippen molar-refractivity contribution in [3.8, 4) is 0 Å². The van der Waals surface area contributed by atoms with Crippen LogP contribution in [0.2, 0.25) is 0 Å². The first-order valence-corrected chi connectivity index (χ1v) is 5.45. The molecule has 0 atom stereocenters. The van der Waals surface area contributed by atoms with Gasteiger partial charge in [0, 0.05) is 0 Å². The Morgan fingerprint density at radius 3 is 1.77 bits per heavy atom. The van der Waals surface area contributed by atoms with Gasteiger partial charge in [-0.3, -0.25) is 0 Å². The monoisotopic (exact) mass is 176 g/mol. The zero-order chi connectivity index (χ0) is 9.52. The van der Waals surface area contributed by atoms with E-state index in [1.54, 1.807) is 11.1 Å². The summed E-state index contributed by atoms with van der Waals surface area (Å²) in [5.41, 5.74) is 3.13. The highest BCUT2D eigenvalue weighted by Crippen LogP contribution is 2.20. The van der Waals surface area contributed by atoms with Gasteiger partial charge >= 0.3 is 0 Å². The summed E-state index contributed by atoms with van der Waals surface area (Å²) in [4.78, 5) is 0. The lowest BCUT2D eigenvalue weighted by molar-refractivity contribution is 0.886. The average molecular weight is 176 g/mol. The van der Waals surface area contributed by atoms with Gasteiger partial charge in [0.1, 0.15) is 0 Å². The lowest BCUT2D eigenvalue weighted by Gasteiger charge is -1.93. The van der Waals surface area contributed by atoms with Crippen molar-refractivity contribution < 1.29 is 0 Å². The van der Waals surface area contributed by atoms with E-state index in [1.807, 2.05) is 0 Å². The molecule has 0 fully saturated rings. The third-order valence-corrected chi connectivity index (χ3v) is 2.51. The Balaban J connectivity index is 0.000000184. The molecule has 72 valence electrons. The minimum atomic E-state index is 1.30. The number of hydrogen-bond donors (Lipinski definition) is 0. The van der Waals surface area contributed by atoms with Crippen molar-refractivity contribution in [2.24, 2.45) is 0 Å². The van der Waals surface area contributed by atoms with E-state index in [2.05, 4.69) is 38.1 Å². The molecule has 0 N–H and O–H groups in total. The number of rotatable bonds is 1. The largest absolute Gasteiger partial charge is 0.0654 e. The number of hydrogen-bond acceptors (Lipinski definition) is 0. The highest BCUT2D eigenvalue weighted by atomic mass is 14.1. The number of unbranched alkanes of at least 4 members (excludes halogenated alkanes) is 1. The van der Waals surface area contributed by atoms with Crippen LogP contribution >= 0.6 is 0 Å². The predicted octanol–water partition coefficient (Wildman–Crippen LogP) is 3.98. The van der Waals surface area contributed by atoms with E-state index in [0.29, 0.717) is 0 Å². The van der Waals surface area contributed by atoms with Gasteiger partial charge in [-0.2, -0.15) is 0 Å². The van der Waals surface area contributed by atoms with Crippen LogP contribution in [0.25, 0.3) is 0 Å². The van der Waals surface area contributed by atoms with Crippen LogP contribution < -0.4 is 0 Å². The van der Waals surface area contributed by atoms with Crippen LogP contribution in [0, 0.1) is 0 Å². The first-order chi connectivity index (χ1) is 6.38. The summed E-state index contributed by atoms with van der Waals surface area (Å²) >= 11 is 0. The first kappa shape index (κ1) is 10.3. The molecule has 0 heterocycles. The molecule has 0 radical (unpaired) electrons. The first-order valence-electron chi connectivity index (χ1n) is 5.45. The summed E-state index contributed by atoms with van der Waals surface area (Å²) in [6.45, 7) is 4.36. The van der Waals surface area contributed by atoms with Crippen LogP contribution in [0.1, 0.15) is 44.2 Å². The molecule has 1 aromatic carbocycles. The van der Waals surface area contributed by atoms with E-state index in [-0.39, 0.29) is 0 Å². The molecule has 0 amide bonds. The van der Waals surface area contributed by atoms with Gasteiger partial charge in [0.05, 0.1) is 0 Å². The number of fused-ring (bicyclic) bond motifs is 1. The molecule has 1 aromatic rings. The summed E-state index contributed by atoms with van der Waals surface area (Å²) in [7, 11) is 0. The van der Waals surface area contributed by atoms with Crippen LogP contribution in [-0.4, -0.2) is 0 Å². The summed E-state index contributed by atoms with van der Waals surface area (Å²) in [6, 6.07) is 8.74. The lowest BCUT2D eigenvalue weighted by atomic mass is 10.1. The quantitative estimate of drug-likeness (QED) is 0.607. The molecule has 2 rings (SSSR count). The molecular weight excluding hydrogens is 156 g/mol. The van der Waals surface area contributed by atoms with Crippen LogP contribution in [0.4, 0.5) is 0 Å². The van der Waals surface area contributed by atoms with Gasteiger partial charge in [0.25, 0.3) is 0 Å². The second-order valence-electron chi connectivity index (χ2n) is 3.62. The van der Waals surface area contributed by atoms with Crippen LogP contribution in [-0.2, 0) is 12.8 Å². The molecule has 0 aromatic heterocycles. The Morgan fingerprint density at radius 2 is 1.38 bits per heavy atom. The lowest BCUT2D eigenvalue weighted by Crippen LogP contribution is -1.77. The zero-order valence-electron chi connectivity index (χ0n) is 8.84. The molecule has 0 heteroatoms. The summed E-state index contributed by atoms with van der Waals surface area (Å²) < 4.78 is 0. The molecule has 0 unspecified atom stereocenters. The zero-order valence-corrected chi connectivity index (χ0v) is 8.84. The summed E-state index contributed by atoms with van der Waals surface area (Å²) in [5.74, 6) is 0. The van der Waals surface area contributed by atoms with Gasteiger partial charge in [-0.15, -0.1) is 0 Å². The Labute approximate surface area is 82.0 Å². The molecule has 0 spiro atoms. The normalized spacial score (nSPS) is 13.1. The van der Waals surface area contributed by atoms with Crippen molar-refractivity contribution in [1.82, 2.24) is 0 Å². The van der Waals surface area contributed by atoms with Crippen molar-refractivity contribution in [2.75, 3.05) is 0 Å². The smallest absolute Gasteiger partial charge is 0.0273 e. The third-order valence-electron chi connectivity index (χ3n) is 2.51. The van der Waals surface area contributed by atoms with E-state index >= 15 is 0 Å². The number of benzene rings is 1. The van der Waals surface area contributed by atoms with Crippen LogP contribution in [0.5, 0.6) is 0 Å². The molecule has 0 bridgehead atoms. The van der Waals surface area contributed by atoms with Crippen molar-refractivity contribution in [1.29, 1.82) is 0 Å². The fourth-order valence-electron chi connectivity index (χ4n) is 1.51. The van der Waals surface area contributed by atoms with Crippen LogP contribution in [0.15, 0.2) is 24.3 Å². The van der Waals surface area contributed by atoms with E-state index in [9.17, 15) is 0 Å². The molecule has 1 aliphatic carbocycles. The van der Waals surface area contributed by atoms with Gasteiger partial charge < -0.3 is 0 Å². The van der Waals surface area contributed by atoms with Gasteiger partial charge in [-0.1, -0.05) is 51.0 Å². The maximum Gasteiger partial charge on any atom is -0.0273 e. The Morgan fingerprint density at radius 1 is 0.923 bits per heavy atom. The highest BCUT2D eigenvalue weighted by molar-refractivity contribution is 5.30. The highest BCUT2D eigenvalue weighted by Gasteiger charge is 2.07. The van der Waals surface area contributed by atoms with E-state index in [0.717, 1.165) is 0 Å². The van der Waals surface area contributed by atoms with E-state index in [1.165, 1.54) is 32.1 Å². The van der Waals surface area contributed by atoms with E-state index < -0.39 is 0 Å². The Bertz CT molecular complexity index is 213. The second-order valence-corrected chi connectivity index (χ2v) is 3.62. The molecule has 1 aliphatic rings.